The molecule has 116 valence electrons. The summed E-state index contributed by atoms with van der Waals surface area (Å²) >= 11 is 0. The van der Waals surface area contributed by atoms with Crippen molar-refractivity contribution in [2.75, 3.05) is 0 Å². The Morgan fingerprint density at radius 2 is 1.81 bits per heavy atom. The third-order valence-corrected chi connectivity index (χ3v) is 5.38. The van der Waals surface area contributed by atoms with Crippen molar-refractivity contribution >= 4 is 0 Å². The van der Waals surface area contributed by atoms with Gasteiger partial charge in [-0.3, -0.25) is 13.9 Å². The van der Waals surface area contributed by atoms with Crippen molar-refractivity contribution in [1.82, 2.24) is 9.13 Å². The number of hydrogen-bond acceptors (Lipinski definition) is 3. The van der Waals surface area contributed by atoms with Crippen molar-refractivity contribution in [3.63, 3.8) is 0 Å². The van der Waals surface area contributed by atoms with Crippen LogP contribution >= 0.6 is 0 Å². The zero-order valence-electron chi connectivity index (χ0n) is 13.5. The quantitative estimate of drug-likeness (QED) is 0.732. The Morgan fingerprint density at radius 1 is 1.14 bits per heavy atom. The fraction of sp³-hybridized carbons (Fsp3) is 0.750. The van der Waals surface area contributed by atoms with Crippen molar-refractivity contribution in [2.24, 2.45) is 25.9 Å². The Balaban J connectivity index is 2.29. The molecule has 1 aromatic heterocycles. The normalized spacial score (nSPS) is 30.2. The van der Waals surface area contributed by atoms with Gasteiger partial charge in [-0.1, -0.05) is 13.3 Å². The summed E-state index contributed by atoms with van der Waals surface area (Å²) in [6, 6.07) is 0. The number of ether oxygens (including phenoxy) is 1. The van der Waals surface area contributed by atoms with Crippen LogP contribution in [0.4, 0.5) is 0 Å². The highest BCUT2D eigenvalue weighted by Gasteiger charge is 2.48. The second-order valence-electron chi connectivity index (χ2n) is 7.26. The van der Waals surface area contributed by atoms with Gasteiger partial charge in [0.2, 0.25) is 5.88 Å². The molecule has 21 heavy (non-hydrogen) atoms. The monoisotopic (exact) mass is 292 g/mol. The average molecular weight is 292 g/mol. The van der Waals surface area contributed by atoms with Gasteiger partial charge in [0.15, 0.2) is 0 Å². The van der Waals surface area contributed by atoms with Crippen LogP contribution in [0, 0.1) is 11.8 Å². The van der Waals surface area contributed by atoms with Crippen LogP contribution in [-0.4, -0.2) is 14.7 Å². The molecule has 0 amide bonds. The van der Waals surface area contributed by atoms with E-state index in [1.807, 2.05) is 0 Å². The molecular formula is C16H24N2O3. The highest BCUT2D eigenvalue weighted by atomic mass is 16.5. The van der Waals surface area contributed by atoms with Crippen molar-refractivity contribution in [3.05, 3.63) is 26.4 Å². The fourth-order valence-electron chi connectivity index (χ4n) is 4.15. The second kappa shape index (κ2) is 4.49. The van der Waals surface area contributed by atoms with Gasteiger partial charge in [0.05, 0.1) is 5.56 Å². The average Bonchev–Trinajstić information content (AvgIpc) is 2.41. The van der Waals surface area contributed by atoms with Gasteiger partial charge in [0.25, 0.3) is 5.56 Å². The smallest absolute Gasteiger partial charge is 0.333 e. The highest BCUT2D eigenvalue weighted by Crippen LogP contribution is 2.51. The Labute approximate surface area is 124 Å². The maximum atomic E-state index is 12.6. The lowest BCUT2D eigenvalue weighted by Gasteiger charge is -2.48. The van der Waals surface area contributed by atoms with Gasteiger partial charge in [-0.15, -0.1) is 0 Å². The standard InChI is InChI=1S/C16H24N2O3/c1-9-6-7-11-10(8-9)12-13(19)17(4)15(20)18(5)14(12)21-16(11,2)3/h9-11H,6-8H2,1-5H3/t9-,10-,11-/m0/s1. The summed E-state index contributed by atoms with van der Waals surface area (Å²) in [6.07, 6.45) is 3.25. The molecule has 0 bridgehead atoms. The Hall–Kier alpha value is -1.52. The highest BCUT2D eigenvalue weighted by molar-refractivity contribution is 5.34. The number of rotatable bonds is 0. The van der Waals surface area contributed by atoms with Gasteiger partial charge in [-0.25, -0.2) is 4.79 Å². The molecule has 5 heteroatoms. The summed E-state index contributed by atoms with van der Waals surface area (Å²) in [4.78, 5) is 24.8. The summed E-state index contributed by atoms with van der Waals surface area (Å²) in [5.74, 6) is 1.61. The first-order valence-corrected chi connectivity index (χ1v) is 7.73. The lowest BCUT2D eigenvalue weighted by Crippen LogP contribution is -2.52. The van der Waals surface area contributed by atoms with Crippen LogP contribution in [-0.2, 0) is 14.1 Å². The molecule has 1 aromatic rings. The second-order valence-corrected chi connectivity index (χ2v) is 7.26. The maximum Gasteiger partial charge on any atom is 0.333 e. The third-order valence-electron chi connectivity index (χ3n) is 5.38. The lowest BCUT2D eigenvalue weighted by molar-refractivity contribution is -0.0225. The van der Waals surface area contributed by atoms with Crippen molar-refractivity contribution in [1.29, 1.82) is 0 Å². The van der Waals surface area contributed by atoms with Gasteiger partial charge < -0.3 is 4.74 Å². The van der Waals surface area contributed by atoms with Gasteiger partial charge in [0.1, 0.15) is 5.60 Å². The SMILES string of the molecule is C[C@H]1CC[C@H]2[C@H](C1)c1c(n(C)c(=O)n(C)c1=O)OC2(C)C. The Kier molecular flexibility index (Phi) is 3.08. The zero-order valence-corrected chi connectivity index (χ0v) is 13.5. The molecule has 0 saturated heterocycles. The number of nitrogens with zero attached hydrogens (tertiary/aromatic N) is 2. The van der Waals surface area contributed by atoms with Crippen LogP contribution < -0.4 is 16.0 Å². The molecule has 3 rings (SSSR count). The molecule has 1 aliphatic heterocycles. The lowest BCUT2D eigenvalue weighted by atomic mass is 9.65. The Morgan fingerprint density at radius 3 is 2.48 bits per heavy atom. The molecular weight excluding hydrogens is 268 g/mol. The minimum absolute atomic E-state index is 0.187. The number of aromatic nitrogens is 2. The maximum absolute atomic E-state index is 12.6. The molecule has 2 aliphatic rings. The van der Waals surface area contributed by atoms with Crippen LogP contribution in [0.1, 0.15) is 51.5 Å². The zero-order chi connectivity index (χ0) is 15.5. The van der Waals surface area contributed by atoms with Gasteiger partial charge >= 0.3 is 5.69 Å². The van der Waals surface area contributed by atoms with E-state index in [1.165, 1.54) is 15.6 Å². The summed E-state index contributed by atoms with van der Waals surface area (Å²) in [5.41, 5.74) is -0.144. The predicted octanol–water partition coefficient (Wildman–Crippen LogP) is 1.77. The predicted molar refractivity (Wildman–Crippen MR) is 80.9 cm³/mol. The molecule has 0 spiro atoms. The first kappa shape index (κ1) is 14.4. The molecule has 0 N–H and O–H groups in total. The van der Waals surface area contributed by atoms with E-state index in [4.69, 9.17) is 4.74 Å². The third kappa shape index (κ3) is 1.97. The van der Waals surface area contributed by atoms with Crippen molar-refractivity contribution in [3.8, 4) is 5.88 Å². The van der Waals surface area contributed by atoms with E-state index in [2.05, 4.69) is 20.8 Å². The van der Waals surface area contributed by atoms with E-state index in [1.54, 1.807) is 14.1 Å². The molecule has 5 nitrogen and oxygen atoms in total. The minimum atomic E-state index is -0.339. The first-order chi connectivity index (χ1) is 9.74. The van der Waals surface area contributed by atoms with Gasteiger partial charge in [0, 0.05) is 25.9 Å². The van der Waals surface area contributed by atoms with Gasteiger partial charge in [-0.05, 0) is 32.6 Å². The van der Waals surface area contributed by atoms with Crippen LogP contribution in [0.25, 0.3) is 0 Å². The number of fused-ring (bicyclic) bond motifs is 3. The summed E-state index contributed by atoms with van der Waals surface area (Å²) in [5, 5.41) is 0. The molecule has 1 aliphatic carbocycles. The molecule has 0 unspecified atom stereocenters. The largest absolute Gasteiger partial charge is 0.472 e. The van der Waals surface area contributed by atoms with E-state index < -0.39 is 0 Å². The molecule has 1 fully saturated rings. The molecule has 3 atom stereocenters. The van der Waals surface area contributed by atoms with Crippen molar-refractivity contribution in [2.45, 2.75) is 51.6 Å². The van der Waals surface area contributed by atoms with E-state index in [0.29, 0.717) is 23.3 Å². The van der Waals surface area contributed by atoms with Crippen LogP contribution in [0.15, 0.2) is 9.59 Å². The van der Waals surface area contributed by atoms with E-state index in [-0.39, 0.29) is 22.8 Å². The van der Waals surface area contributed by atoms with Crippen LogP contribution in [0.3, 0.4) is 0 Å². The van der Waals surface area contributed by atoms with Crippen molar-refractivity contribution < 1.29 is 4.74 Å². The molecule has 2 heterocycles. The molecule has 0 radical (unpaired) electrons. The topological polar surface area (TPSA) is 53.2 Å². The summed E-state index contributed by atoms with van der Waals surface area (Å²) in [7, 11) is 3.23. The van der Waals surface area contributed by atoms with Crippen LogP contribution in [0.5, 0.6) is 5.88 Å². The first-order valence-electron chi connectivity index (χ1n) is 7.73. The van der Waals surface area contributed by atoms with E-state index in [0.717, 1.165) is 12.8 Å². The minimum Gasteiger partial charge on any atom is -0.472 e. The van der Waals surface area contributed by atoms with E-state index >= 15 is 0 Å². The summed E-state index contributed by atoms with van der Waals surface area (Å²) < 4.78 is 8.81. The van der Waals surface area contributed by atoms with Gasteiger partial charge in [-0.2, -0.15) is 0 Å². The van der Waals surface area contributed by atoms with E-state index in [9.17, 15) is 9.59 Å². The number of hydrogen-bond donors (Lipinski definition) is 0. The molecule has 1 saturated carbocycles. The fourth-order valence-corrected chi connectivity index (χ4v) is 4.15. The van der Waals surface area contributed by atoms with Crippen LogP contribution in [0.2, 0.25) is 0 Å². The molecule has 0 aromatic carbocycles. The summed E-state index contributed by atoms with van der Waals surface area (Å²) in [6.45, 7) is 6.39. The Bertz CT molecular complexity index is 699.